The quantitative estimate of drug-likeness (QED) is 0.303. The van der Waals surface area contributed by atoms with E-state index < -0.39 is 0 Å². The van der Waals surface area contributed by atoms with Crippen LogP contribution in [0, 0.1) is 10.8 Å². The third-order valence-electron chi connectivity index (χ3n) is 4.81. The summed E-state index contributed by atoms with van der Waals surface area (Å²) in [4.78, 5) is 0. The van der Waals surface area contributed by atoms with Crippen LogP contribution in [0.15, 0.2) is 0 Å². The van der Waals surface area contributed by atoms with Crippen LogP contribution in [0.1, 0.15) is 119 Å². The van der Waals surface area contributed by atoms with Gasteiger partial charge in [-0.05, 0) is 36.5 Å². The molecule has 0 aliphatic heterocycles. The van der Waals surface area contributed by atoms with Crippen molar-refractivity contribution in [2.45, 2.75) is 119 Å². The van der Waals surface area contributed by atoms with E-state index in [0.717, 1.165) is 0 Å². The largest absolute Gasteiger partial charge is 0.0654 e. The summed E-state index contributed by atoms with van der Waals surface area (Å²) in [7, 11) is 0. The van der Waals surface area contributed by atoms with Crippen LogP contribution in [0.4, 0.5) is 0 Å². The van der Waals surface area contributed by atoms with Crippen molar-refractivity contribution < 1.29 is 0 Å². The minimum Gasteiger partial charge on any atom is -0.0654 e. The number of rotatable bonds is 13. The van der Waals surface area contributed by atoms with Crippen LogP contribution in [0.3, 0.4) is 0 Å². The van der Waals surface area contributed by atoms with Crippen molar-refractivity contribution in [2.24, 2.45) is 10.8 Å². The van der Waals surface area contributed by atoms with E-state index in [4.69, 9.17) is 0 Å². The van der Waals surface area contributed by atoms with Crippen LogP contribution in [0.25, 0.3) is 0 Å². The van der Waals surface area contributed by atoms with Gasteiger partial charge in [0.2, 0.25) is 0 Å². The van der Waals surface area contributed by atoms with Gasteiger partial charge in [0, 0.05) is 0 Å². The van der Waals surface area contributed by atoms with Gasteiger partial charge in [0.1, 0.15) is 0 Å². The Hall–Kier alpha value is 0. The van der Waals surface area contributed by atoms with E-state index in [1.54, 1.807) is 0 Å². The Labute approximate surface area is 130 Å². The maximum absolute atomic E-state index is 2.44. The molecule has 20 heavy (non-hydrogen) atoms. The van der Waals surface area contributed by atoms with Crippen LogP contribution in [0.5, 0.6) is 0 Å². The molecule has 0 aliphatic carbocycles. The van der Waals surface area contributed by atoms with E-state index in [9.17, 15) is 0 Å². The molecule has 0 aromatic rings. The molecule has 0 saturated heterocycles. The molecule has 122 valence electrons. The molecule has 0 aromatic carbocycles. The first kappa shape index (κ1) is 20.0. The Morgan fingerprint density at radius 3 is 1.05 bits per heavy atom. The molecular weight excluding hydrogens is 240 g/mol. The van der Waals surface area contributed by atoms with Crippen molar-refractivity contribution >= 4 is 0 Å². The highest BCUT2D eigenvalue weighted by atomic mass is 14.2. The third-order valence-corrected chi connectivity index (χ3v) is 4.81. The summed E-state index contributed by atoms with van der Waals surface area (Å²) < 4.78 is 0. The Kier molecular flexibility index (Phi) is 10.7. The third kappa shape index (κ3) is 11.8. The second-order valence-electron chi connectivity index (χ2n) is 8.45. The predicted octanol–water partition coefficient (Wildman–Crippen LogP) is 7.76. The normalized spacial score (nSPS) is 12.9. The van der Waals surface area contributed by atoms with Crippen LogP contribution in [-0.4, -0.2) is 0 Å². The fourth-order valence-corrected chi connectivity index (χ4v) is 3.52. The lowest BCUT2D eigenvalue weighted by Crippen LogP contribution is -2.10. The van der Waals surface area contributed by atoms with Gasteiger partial charge in [-0.25, -0.2) is 0 Å². The second kappa shape index (κ2) is 10.7. The second-order valence-corrected chi connectivity index (χ2v) is 8.45. The first-order chi connectivity index (χ1) is 9.33. The van der Waals surface area contributed by atoms with Gasteiger partial charge in [-0.2, -0.15) is 0 Å². The van der Waals surface area contributed by atoms with E-state index in [2.05, 4.69) is 41.5 Å². The minimum absolute atomic E-state index is 0.582. The van der Waals surface area contributed by atoms with Gasteiger partial charge in [0.15, 0.2) is 0 Å². The van der Waals surface area contributed by atoms with Gasteiger partial charge in [0.25, 0.3) is 0 Å². The molecule has 0 aromatic heterocycles. The summed E-state index contributed by atoms with van der Waals surface area (Å²) in [5, 5.41) is 0. The van der Waals surface area contributed by atoms with Crippen molar-refractivity contribution in [2.75, 3.05) is 0 Å². The summed E-state index contributed by atoms with van der Waals surface area (Å²) in [6, 6.07) is 0. The lowest BCUT2D eigenvalue weighted by atomic mass is 9.82. The smallest absolute Gasteiger partial charge is 0.0354 e. The molecule has 0 atom stereocenters. The van der Waals surface area contributed by atoms with Gasteiger partial charge in [-0.1, -0.05) is 92.9 Å². The van der Waals surface area contributed by atoms with Gasteiger partial charge in [-0.3, -0.25) is 0 Å². The maximum Gasteiger partial charge on any atom is -0.0354 e. The molecule has 0 heterocycles. The average Bonchev–Trinajstić information content (AvgIpc) is 2.32. The SMILES string of the molecule is CCCC(C)(C)CCCCCCCCC(C)(C)CCC. The fraction of sp³-hybridized carbons (Fsp3) is 1.00. The molecule has 0 heteroatoms. The van der Waals surface area contributed by atoms with E-state index in [-0.39, 0.29) is 0 Å². The topological polar surface area (TPSA) is 0 Å². The summed E-state index contributed by atoms with van der Waals surface area (Å²) >= 11 is 0. The highest BCUT2D eigenvalue weighted by molar-refractivity contribution is 4.69. The molecule has 0 spiro atoms. The highest BCUT2D eigenvalue weighted by Crippen LogP contribution is 2.30. The number of unbranched alkanes of at least 4 members (excludes halogenated alkanes) is 5. The predicted molar refractivity (Wildman–Crippen MR) is 94.3 cm³/mol. The van der Waals surface area contributed by atoms with Crippen molar-refractivity contribution in [1.82, 2.24) is 0 Å². The molecule has 0 bridgehead atoms. The summed E-state index contributed by atoms with van der Waals surface area (Å²) in [5.74, 6) is 0. The Bertz CT molecular complexity index is 188. The van der Waals surface area contributed by atoms with E-state index in [1.807, 2.05) is 0 Å². The van der Waals surface area contributed by atoms with Crippen molar-refractivity contribution in [3.05, 3.63) is 0 Å². The zero-order valence-corrected chi connectivity index (χ0v) is 15.5. The number of hydrogen-bond acceptors (Lipinski definition) is 0. The van der Waals surface area contributed by atoms with Gasteiger partial charge >= 0.3 is 0 Å². The molecule has 0 fully saturated rings. The first-order valence-corrected chi connectivity index (χ1v) is 9.33. The van der Waals surface area contributed by atoms with Gasteiger partial charge in [0.05, 0.1) is 0 Å². The van der Waals surface area contributed by atoms with Crippen molar-refractivity contribution in [3.8, 4) is 0 Å². The lowest BCUT2D eigenvalue weighted by Gasteiger charge is -2.24. The molecule has 0 rings (SSSR count). The standard InChI is InChI=1S/C20H42/c1-7-15-19(3,4)17-13-11-9-10-12-14-18-20(5,6)16-8-2/h7-18H2,1-6H3. The summed E-state index contributed by atoms with van der Waals surface area (Å²) in [5.41, 5.74) is 1.16. The molecule has 0 amide bonds. The molecular formula is C20H42. The van der Waals surface area contributed by atoms with Gasteiger partial charge in [-0.15, -0.1) is 0 Å². The lowest BCUT2D eigenvalue weighted by molar-refractivity contribution is 0.285. The Balaban J connectivity index is 3.41. The van der Waals surface area contributed by atoms with Gasteiger partial charge < -0.3 is 0 Å². The molecule has 0 N–H and O–H groups in total. The number of hydrogen-bond donors (Lipinski definition) is 0. The Morgan fingerprint density at radius 1 is 0.450 bits per heavy atom. The average molecular weight is 283 g/mol. The summed E-state index contributed by atoms with van der Waals surface area (Å²) in [6.45, 7) is 14.4. The Morgan fingerprint density at radius 2 is 0.750 bits per heavy atom. The highest BCUT2D eigenvalue weighted by Gasteiger charge is 2.16. The molecule has 0 radical (unpaired) electrons. The van der Waals surface area contributed by atoms with E-state index >= 15 is 0 Å². The monoisotopic (exact) mass is 282 g/mol. The van der Waals surface area contributed by atoms with Crippen LogP contribution < -0.4 is 0 Å². The zero-order valence-electron chi connectivity index (χ0n) is 15.5. The zero-order chi connectivity index (χ0) is 15.5. The van der Waals surface area contributed by atoms with E-state index in [0.29, 0.717) is 10.8 Å². The molecule has 0 unspecified atom stereocenters. The van der Waals surface area contributed by atoms with Crippen molar-refractivity contribution in [3.63, 3.8) is 0 Å². The van der Waals surface area contributed by atoms with E-state index in [1.165, 1.54) is 77.0 Å². The minimum atomic E-state index is 0.582. The maximum atomic E-state index is 2.44. The van der Waals surface area contributed by atoms with Crippen molar-refractivity contribution in [1.29, 1.82) is 0 Å². The van der Waals surface area contributed by atoms with Crippen LogP contribution >= 0.6 is 0 Å². The molecule has 0 aliphatic rings. The first-order valence-electron chi connectivity index (χ1n) is 9.33. The fourth-order valence-electron chi connectivity index (χ4n) is 3.52. The summed E-state index contributed by atoms with van der Waals surface area (Å²) in [6.07, 6.45) is 17.0. The van der Waals surface area contributed by atoms with Crippen LogP contribution in [-0.2, 0) is 0 Å². The van der Waals surface area contributed by atoms with Crippen LogP contribution in [0.2, 0.25) is 0 Å². The molecule has 0 saturated carbocycles. The molecule has 0 nitrogen and oxygen atoms in total.